The van der Waals surface area contributed by atoms with Crippen LogP contribution < -0.4 is 25.6 Å². The van der Waals surface area contributed by atoms with Gasteiger partial charge in [-0.05, 0) is 61.0 Å². The van der Waals surface area contributed by atoms with E-state index in [0.717, 1.165) is 31.4 Å². The van der Waals surface area contributed by atoms with Crippen molar-refractivity contribution in [2.45, 2.75) is 36.8 Å². The third-order valence-electron chi connectivity index (χ3n) is 5.64. The number of nitrogens with one attached hydrogen (secondary N) is 3. The summed E-state index contributed by atoms with van der Waals surface area (Å²) < 4.78 is 76.9. The largest absolute Gasteiger partial charge is 0.493 e. The molecule has 1 aliphatic heterocycles. The maximum Gasteiger partial charge on any atom is 0.416 e. The molecule has 3 N–H and O–H groups in total. The fourth-order valence-electron chi connectivity index (χ4n) is 3.77. The Bertz CT molecular complexity index is 1230. The molecule has 0 aromatic heterocycles. The molecule has 202 valence electrons. The number of hydrogen-bond acceptors (Lipinski definition) is 6. The second-order valence-corrected chi connectivity index (χ2v) is 10.5. The van der Waals surface area contributed by atoms with Crippen LogP contribution in [0.15, 0.2) is 41.3 Å². The lowest BCUT2D eigenvalue weighted by Gasteiger charge is -2.27. The third-order valence-corrected chi connectivity index (χ3v) is 7.82. The van der Waals surface area contributed by atoms with Crippen molar-refractivity contribution in [3.8, 4) is 11.5 Å². The zero-order valence-corrected chi connectivity index (χ0v) is 21.8. The van der Waals surface area contributed by atoms with Crippen LogP contribution in [-0.4, -0.2) is 51.1 Å². The second-order valence-electron chi connectivity index (χ2n) is 8.16. The number of sulfonamides is 1. The lowest BCUT2D eigenvalue weighted by molar-refractivity contribution is -0.137. The van der Waals surface area contributed by atoms with Gasteiger partial charge in [0, 0.05) is 24.8 Å². The van der Waals surface area contributed by atoms with Crippen molar-refractivity contribution in [2.75, 3.05) is 32.6 Å². The quantitative estimate of drug-likeness (QED) is 0.349. The summed E-state index contributed by atoms with van der Waals surface area (Å²) in [5.74, 6) is -0.142. The number of halogens is 3. The van der Waals surface area contributed by atoms with E-state index in [4.69, 9.17) is 21.7 Å². The average Bonchev–Trinajstić information content (AvgIpc) is 2.87. The van der Waals surface area contributed by atoms with Gasteiger partial charge in [-0.25, -0.2) is 8.42 Å². The lowest BCUT2D eigenvalue weighted by atomic mass is 10.1. The van der Waals surface area contributed by atoms with Crippen LogP contribution in [0.1, 0.15) is 30.4 Å². The van der Waals surface area contributed by atoms with Crippen molar-refractivity contribution >= 4 is 38.9 Å². The number of amides is 1. The molecule has 0 aliphatic carbocycles. The van der Waals surface area contributed by atoms with Crippen molar-refractivity contribution in [3.05, 3.63) is 47.5 Å². The van der Waals surface area contributed by atoms with Gasteiger partial charge >= 0.3 is 6.18 Å². The van der Waals surface area contributed by atoms with Gasteiger partial charge in [0.05, 0.1) is 31.1 Å². The molecule has 2 aromatic rings. The molecule has 0 atom stereocenters. The van der Waals surface area contributed by atoms with Crippen LogP contribution in [0.2, 0.25) is 0 Å². The monoisotopic (exact) mass is 560 g/mol. The van der Waals surface area contributed by atoms with E-state index in [0.29, 0.717) is 13.1 Å². The Morgan fingerprint density at radius 2 is 1.59 bits per heavy atom. The van der Waals surface area contributed by atoms with Crippen molar-refractivity contribution in [1.82, 2.24) is 15.2 Å². The topological polar surface area (TPSA) is 109 Å². The predicted molar refractivity (Wildman–Crippen MR) is 135 cm³/mol. The highest BCUT2D eigenvalue weighted by molar-refractivity contribution is 7.89. The molecule has 0 bridgehead atoms. The lowest BCUT2D eigenvalue weighted by Crippen LogP contribution is -2.44. The molecule has 0 unspecified atom stereocenters. The summed E-state index contributed by atoms with van der Waals surface area (Å²) in [5, 5.41) is 2.57. The maximum absolute atomic E-state index is 13.4. The minimum atomic E-state index is -4.46. The van der Waals surface area contributed by atoms with Crippen molar-refractivity contribution in [1.29, 1.82) is 0 Å². The molecule has 1 aliphatic rings. The number of nitrogens with zero attached hydrogens (tertiary/aromatic N) is 1. The smallest absolute Gasteiger partial charge is 0.416 e. The molecule has 9 nitrogen and oxygen atoms in total. The summed E-state index contributed by atoms with van der Waals surface area (Å²) >= 11 is 5.07. The number of piperidine rings is 1. The molecule has 1 heterocycles. The van der Waals surface area contributed by atoms with Crippen LogP contribution >= 0.6 is 12.2 Å². The van der Waals surface area contributed by atoms with E-state index in [9.17, 15) is 26.4 Å². The number of carbonyl (C=O) groups excluding carboxylic acids is 1. The number of carbonyl (C=O) groups is 1. The Morgan fingerprint density at radius 1 is 1.00 bits per heavy atom. The SMILES string of the molecule is COc1cc(CC(=O)NNC(=S)Nc2ccc(C(F)(F)F)cc2)c(S(=O)(=O)N2CCCCC2)cc1OC. The first-order chi connectivity index (χ1) is 17.5. The van der Waals surface area contributed by atoms with Gasteiger partial charge in [0.2, 0.25) is 15.9 Å². The molecule has 3 rings (SSSR count). The maximum atomic E-state index is 13.4. The molecule has 37 heavy (non-hydrogen) atoms. The molecule has 1 saturated heterocycles. The third kappa shape index (κ3) is 7.23. The zero-order valence-electron chi connectivity index (χ0n) is 20.1. The van der Waals surface area contributed by atoms with Gasteiger partial charge in [-0.1, -0.05) is 6.42 Å². The number of methoxy groups -OCH3 is 2. The highest BCUT2D eigenvalue weighted by Crippen LogP contribution is 2.35. The van der Waals surface area contributed by atoms with Crippen LogP contribution in [0.25, 0.3) is 0 Å². The highest BCUT2D eigenvalue weighted by atomic mass is 32.2. The number of hydrazine groups is 1. The molecule has 0 saturated carbocycles. The summed E-state index contributed by atoms with van der Waals surface area (Å²) in [6, 6.07) is 6.96. The average molecular weight is 561 g/mol. The Hall–Kier alpha value is -3.10. The first kappa shape index (κ1) is 28.5. The minimum absolute atomic E-state index is 0.0624. The fourth-order valence-corrected chi connectivity index (χ4v) is 5.68. The minimum Gasteiger partial charge on any atom is -0.493 e. The summed E-state index contributed by atoms with van der Waals surface area (Å²) in [5.41, 5.74) is 4.47. The molecular formula is C23H27F3N4O5S2. The van der Waals surface area contributed by atoms with E-state index >= 15 is 0 Å². The number of thiocarbonyl (C=S) groups is 1. The molecule has 0 radical (unpaired) electrons. The van der Waals surface area contributed by atoms with Gasteiger partial charge in [0.15, 0.2) is 16.6 Å². The highest BCUT2D eigenvalue weighted by Gasteiger charge is 2.31. The first-order valence-corrected chi connectivity index (χ1v) is 13.1. The zero-order chi connectivity index (χ0) is 27.2. The van der Waals surface area contributed by atoms with Gasteiger partial charge < -0.3 is 14.8 Å². The van der Waals surface area contributed by atoms with E-state index in [1.54, 1.807) is 0 Å². The summed E-state index contributed by atoms with van der Waals surface area (Å²) in [7, 11) is -1.12. The van der Waals surface area contributed by atoms with E-state index in [-0.39, 0.29) is 39.2 Å². The normalized spacial score (nSPS) is 14.5. The van der Waals surface area contributed by atoms with Gasteiger partial charge in [-0.3, -0.25) is 15.6 Å². The van der Waals surface area contributed by atoms with Crippen molar-refractivity contribution in [2.24, 2.45) is 0 Å². The van der Waals surface area contributed by atoms with Gasteiger partial charge in [0.1, 0.15) is 0 Å². The molecule has 14 heteroatoms. The number of ether oxygens (including phenoxy) is 2. The summed E-state index contributed by atoms with van der Waals surface area (Å²) in [4.78, 5) is 12.6. The van der Waals surface area contributed by atoms with Crippen LogP contribution in [0.4, 0.5) is 18.9 Å². The van der Waals surface area contributed by atoms with Crippen LogP contribution in [-0.2, 0) is 27.4 Å². The Kier molecular flexibility index (Phi) is 9.21. The summed E-state index contributed by atoms with van der Waals surface area (Å²) in [6.45, 7) is 0.765. The van der Waals surface area contributed by atoms with Crippen LogP contribution in [0.3, 0.4) is 0 Å². The molecular weight excluding hydrogens is 533 g/mol. The van der Waals surface area contributed by atoms with Crippen LogP contribution in [0.5, 0.6) is 11.5 Å². The number of anilines is 1. The van der Waals surface area contributed by atoms with Gasteiger partial charge in [0.25, 0.3) is 0 Å². The van der Waals surface area contributed by atoms with Gasteiger partial charge in [-0.2, -0.15) is 17.5 Å². The van der Waals surface area contributed by atoms with E-state index in [1.165, 1.54) is 42.8 Å². The molecule has 1 fully saturated rings. The standard InChI is InChI=1S/C23H27F3N4O5S2/c1-34-18-12-15(20(14-19(18)35-2)37(32,33)30-10-4-3-5-11-30)13-21(31)28-29-22(36)27-17-8-6-16(7-9-17)23(24,25)26/h6-9,12,14H,3-5,10-11,13H2,1-2H3,(H,28,31)(H2,27,29,36). The number of hydrogen-bond donors (Lipinski definition) is 3. The number of benzene rings is 2. The molecule has 2 aromatic carbocycles. The van der Waals surface area contributed by atoms with Crippen molar-refractivity contribution in [3.63, 3.8) is 0 Å². The van der Waals surface area contributed by atoms with Crippen molar-refractivity contribution < 1.29 is 35.9 Å². The van der Waals surface area contributed by atoms with E-state index in [1.807, 2.05) is 0 Å². The van der Waals surface area contributed by atoms with E-state index < -0.39 is 27.7 Å². The molecule has 1 amide bonds. The van der Waals surface area contributed by atoms with Crippen LogP contribution in [0, 0.1) is 0 Å². The number of rotatable bonds is 7. The predicted octanol–water partition coefficient (Wildman–Crippen LogP) is 3.46. The fraction of sp³-hybridized carbons (Fsp3) is 0.391. The molecule has 0 spiro atoms. The Balaban J connectivity index is 1.71. The van der Waals surface area contributed by atoms with Gasteiger partial charge in [-0.15, -0.1) is 0 Å². The summed E-state index contributed by atoms with van der Waals surface area (Å²) in [6.07, 6.45) is -2.36. The second kappa shape index (κ2) is 12.0. The first-order valence-electron chi connectivity index (χ1n) is 11.2. The number of alkyl halides is 3. The Morgan fingerprint density at radius 3 is 2.16 bits per heavy atom. The van der Waals surface area contributed by atoms with E-state index in [2.05, 4.69) is 16.2 Å². The Labute approximate surface area is 218 Å².